The zero-order chi connectivity index (χ0) is 16.9. The normalized spacial score (nSPS) is 22.8. The Bertz CT molecular complexity index is 636. The summed E-state index contributed by atoms with van der Waals surface area (Å²) in [4.78, 5) is 18.9. The van der Waals surface area contributed by atoms with E-state index in [-0.39, 0.29) is 11.8 Å². The molecular formula is C18H25N4O2+. The molecule has 0 unspecified atom stereocenters. The minimum Gasteiger partial charge on any atom is -0.370 e. The van der Waals surface area contributed by atoms with E-state index in [0.29, 0.717) is 0 Å². The van der Waals surface area contributed by atoms with Crippen LogP contribution in [0.2, 0.25) is 0 Å². The molecule has 0 aliphatic carbocycles. The minimum atomic E-state index is -0.329. The molecule has 3 rings (SSSR count). The van der Waals surface area contributed by atoms with E-state index < -0.39 is 0 Å². The highest BCUT2D eigenvalue weighted by Crippen LogP contribution is 2.24. The number of benzene rings is 1. The second-order valence-corrected chi connectivity index (χ2v) is 6.30. The standard InChI is InChI=1S/C18H24N4O2/c1-14(19-8-9-21-10-12-24-13-11-21)17-15(2)20-22(18(17)23)16-6-4-3-5-7-16/h3-7,17H,8-13H2,1-2H3/p+1/t17-/m0/s1. The van der Waals surface area contributed by atoms with Crippen molar-refractivity contribution in [2.75, 3.05) is 44.4 Å². The third kappa shape index (κ3) is 3.71. The topological polar surface area (TPSA) is 58.7 Å². The summed E-state index contributed by atoms with van der Waals surface area (Å²) in [7, 11) is 0. The molecule has 2 aliphatic rings. The van der Waals surface area contributed by atoms with Gasteiger partial charge in [0.25, 0.3) is 5.91 Å². The molecule has 1 aromatic rings. The van der Waals surface area contributed by atoms with Crippen LogP contribution in [0.15, 0.2) is 40.4 Å². The number of hydrazone groups is 1. The first kappa shape index (κ1) is 16.8. The van der Waals surface area contributed by atoms with E-state index in [1.54, 1.807) is 0 Å². The van der Waals surface area contributed by atoms with Gasteiger partial charge in [-0.2, -0.15) is 10.1 Å². The number of quaternary nitrogens is 1. The average molecular weight is 329 g/mol. The van der Waals surface area contributed by atoms with Gasteiger partial charge >= 0.3 is 0 Å². The fourth-order valence-electron chi connectivity index (χ4n) is 3.19. The van der Waals surface area contributed by atoms with E-state index in [1.807, 2.05) is 44.2 Å². The minimum absolute atomic E-state index is 0.0151. The third-order valence-corrected chi connectivity index (χ3v) is 4.58. The summed E-state index contributed by atoms with van der Waals surface area (Å²) in [5, 5.41) is 5.93. The van der Waals surface area contributed by atoms with Gasteiger partial charge in [0.15, 0.2) is 0 Å². The van der Waals surface area contributed by atoms with Crippen molar-refractivity contribution in [2.24, 2.45) is 16.0 Å². The fraction of sp³-hybridized carbons (Fsp3) is 0.500. The van der Waals surface area contributed by atoms with Crippen molar-refractivity contribution in [3.8, 4) is 0 Å². The number of morpholine rings is 1. The monoisotopic (exact) mass is 329 g/mol. The summed E-state index contributed by atoms with van der Waals surface area (Å²) in [6.07, 6.45) is 0. The first-order valence-corrected chi connectivity index (χ1v) is 8.53. The lowest BCUT2D eigenvalue weighted by atomic mass is 9.99. The number of carbonyl (C=O) groups excluding carboxylic acids is 1. The number of rotatable bonds is 5. The van der Waals surface area contributed by atoms with Crippen LogP contribution in [0.4, 0.5) is 5.69 Å². The Morgan fingerprint density at radius 1 is 1.33 bits per heavy atom. The maximum absolute atomic E-state index is 12.7. The number of aliphatic imine (C=N–C) groups is 1. The lowest BCUT2D eigenvalue weighted by Gasteiger charge is -2.23. The van der Waals surface area contributed by atoms with Crippen molar-refractivity contribution in [3.63, 3.8) is 0 Å². The predicted octanol–water partition coefficient (Wildman–Crippen LogP) is 0.401. The van der Waals surface area contributed by atoms with Gasteiger partial charge in [-0.05, 0) is 26.0 Å². The van der Waals surface area contributed by atoms with Crippen molar-refractivity contribution in [3.05, 3.63) is 30.3 Å². The summed E-state index contributed by atoms with van der Waals surface area (Å²) in [6, 6.07) is 9.54. The van der Waals surface area contributed by atoms with Crippen LogP contribution in [0.25, 0.3) is 0 Å². The Morgan fingerprint density at radius 3 is 2.75 bits per heavy atom. The van der Waals surface area contributed by atoms with Gasteiger partial charge in [-0.3, -0.25) is 9.79 Å². The Kier molecular flexibility index (Phi) is 5.37. The molecule has 2 aliphatic heterocycles. The van der Waals surface area contributed by atoms with E-state index in [9.17, 15) is 4.79 Å². The van der Waals surface area contributed by atoms with Crippen LogP contribution in [0.1, 0.15) is 13.8 Å². The van der Waals surface area contributed by atoms with Gasteiger partial charge in [0.05, 0.1) is 37.7 Å². The number of nitrogens with one attached hydrogen (secondary N) is 1. The Hall–Kier alpha value is -2.05. The van der Waals surface area contributed by atoms with Gasteiger partial charge in [0.1, 0.15) is 19.0 Å². The number of hydrogen-bond donors (Lipinski definition) is 1. The molecular weight excluding hydrogens is 304 g/mol. The van der Waals surface area contributed by atoms with E-state index >= 15 is 0 Å². The molecule has 1 atom stereocenters. The molecule has 0 spiro atoms. The number of para-hydroxylation sites is 1. The molecule has 0 bridgehead atoms. The Morgan fingerprint density at radius 2 is 2.04 bits per heavy atom. The molecule has 0 radical (unpaired) electrons. The molecule has 1 amide bonds. The third-order valence-electron chi connectivity index (χ3n) is 4.58. The average Bonchev–Trinajstić information content (AvgIpc) is 2.91. The summed E-state index contributed by atoms with van der Waals surface area (Å²) in [5.74, 6) is -0.344. The van der Waals surface area contributed by atoms with E-state index in [1.165, 1.54) is 9.91 Å². The molecule has 1 N–H and O–H groups in total. The molecule has 6 heteroatoms. The Balaban J connectivity index is 1.62. The van der Waals surface area contributed by atoms with Crippen LogP contribution in [-0.4, -0.2) is 56.7 Å². The molecule has 1 aromatic carbocycles. The van der Waals surface area contributed by atoms with Gasteiger partial charge in [0, 0.05) is 5.71 Å². The van der Waals surface area contributed by atoms with Gasteiger partial charge in [-0.1, -0.05) is 18.2 Å². The molecule has 0 aromatic heterocycles. The lowest BCUT2D eigenvalue weighted by Crippen LogP contribution is -3.14. The van der Waals surface area contributed by atoms with Crippen molar-refractivity contribution < 1.29 is 14.4 Å². The van der Waals surface area contributed by atoms with Gasteiger partial charge in [-0.25, -0.2) is 0 Å². The lowest BCUT2D eigenvalue weighted by molar-refractivity contribution is -0.906. The quantitative estimate of drug-likeness (QED) is 0.795. The first-order valence-electron chi connectivity index (χ1n) is 8.53. The zero-order valence-electron chi connectivity index (χ0n) is 14.4. The smallest absolute Gasteiger partial charge is 0.261 e. The largest absolute Gasteiger partial charge is 0.370 e. The number of hydrogen-bond acceptors (Lipinski definition) is 4. The van der Waals surface area contributed by atoms with Crippen molar-refractivity contribution >= 4 is 23.0 Å². The Labute approximate surface area is 142 Å². The maximum Gasteiger partial charge on any atom is 0.261 e. The van der Waals surface area contributed by atoms with Crippen LogP contribution in [-0.2, 0) is 9.53 Å². The SMILES string of the molecule is CC(=NCC[NH+]1CCOCC1)[C@@H]1C(=O)N(c2ccccc2)N=C1C. The fourth-order valence-corrected chi connectivity index (χ4v) is 3.19. The van der Waals surface area contributed by atoms with E-state index in [2.05, 4.69) is 10.1 Å². The van der Waals surface area contributed by atoms with Crippen LogP contribution in [0.3, 0.4) is 0 Å². The van der Waals surface area contributed by atoms with Gasteiger partial charge < -0.3 is 9.64 Å². The summed E-state index contributed by atoms with van der Waals surface area (Å²) in [6.45, 7) is 9.30. The molecule has 6 nitrogen and oxygen atoms in total. The highest BCUT2D eigenvalue weighted by Gasteiger charge is 2.36. The summed E-state index contributed by atoms with van der Waals surface area (Å²) >= 11 is 0. The molecule has 24 heavy (non-hydrogen) atoms. The van der Waals surface area contributed by atoms with Crippen molar-refractivity contribution in [2.45, 2.75) is 13.8 Å². The molecule has 2 heterocycles. The number of amides is 1. The zero-order valence-corrected chi connectivity index (χ0v) is 14.4. The molecule has 1 saturated heterocycles. The number of anilines is 1. The van der Waals surface area contributed by atoms with E-state index in [0.717, 1.165) is 56.5 Å². The number of carbonyl (C=O) groups is 1. The second kappa shape index (κ2) is 7.68. The molecule has 0 saturated carbocycles. The summed E-state index contributed by atoms with van der Waals surface area (Å²) < 4.78 is 5.37. The first-order chi connectivity index (χ1) is 11.7. The van der Waals surface area contributed by atoms with Crippen LogP contribution in [0, 0.1) is 5.92 Å². The van der Waals surface area contributed by atoms with Crippen LogP contribution >= 0.6 is 0 Å². The highest BCUT2D eigenvalue weighted by molar-refractivity contribution is 6.27. The maximum atomic E-state index is 12.7. The van der Waals surface area contributed by atoms with Crippen molar-refractivity contribution in [1.29, 1.82) is 0 Å². The number of ether oxygens (including phenoxy) is 1. The number of nitrogens with zero attached hydrogens (tertiary/aromatic N) is 3. The highest BCUT2D eigenvalue weighted by atomic mass is 16.5. The predicted molar refractivity (Wildman–Crippen MR) is 94.9 cm³/mol. The van der Waals surface area contributed by atoms with Gasteiger partial charge in [-0.15, -0.1) is 0 Å². The second-order valence-electron chi connectivity index (χ2n) is 6.30. The molecule has 1 fully saturated rings. The summed E-state index contributed by atoms with van der Waals surface area (Å²) in [5.41, 5.74) is 2.46. The molecule has 128 valence electrons. The van der Waals surface area contributed by atoms with Crippen LogP contribution < -0.4 is 9.91 Å². The van der Waals surface area contributed by atoms with Crippen LogP contribution in [0.5, 0.6) is 0 Å². The van der Waals surface area contributed by atoms with E-state index in [4.69, 9.17) is 4.74 Å². The van der Waals surface area contributed by atoms with Crippen molar-refractivity contribution in [1.82, 2.24) is 0 Å². The van der Waals surface area contributed by atoms with Gasteiger partial charge in [0.2, 0.25) is 0 Å².